The average Bonchev–Trinajstić information content (AvgIpc) is 2.59. The predicted molar refractivity (Wildman–Crippen MR) is 55.2 cm³/mol. The van der Waals surface area contributed by atoms with Gasteiger partial charge in [-0.3, -0.25) is 4.79 Å². The first kappa shape index (κ1) is 11.1. The molecule has 0 N–H and O–H groups in total. The molecule has 5 heteroatoms. The fraction of sp³-hybridized carbons (Fsp3) is 0.556. The summed E-state index contributed by atoms with van der Waals surface area (Å²) in [5, 5.41) is 0.0823. The topological polar surface area (TPSA) is 46.6 Å². The molecular formula is C9H13NO3S. The van der Waals surface area contributed by atoms with E-state index in [1.54, 1.807) is 17.9 Å². The molecule has 0 saturated carbocycles. The van der Waals surface area contributed by atoms with Gasteiger partial charge < -0.3 is 9.64 Å². The van der Waals surface area contributed by atoms with Gasteiger partial charge in [0.05, 0.1) is 7.11 Å². The number of methoxy groups -OCH3 is 1. The third-order valence-electron chi connectivity index (χ3n) is 1.97. The summed E-state index contributed by atoms with van der Waals surface area (Å²) in [5.41, 5.74) is 0.539. The molecule has 1 fully saturated rings. The summed E-state index contributed by atoms with van der Waals surface area (Å²) in [6, 6.07) is 0. The summed E-state index contributed by atoms with van der Waals surface area (Å²) in [4.78, 5) is 23.9. The molecular weight excluding hydrogens is 202 g/mol. The quantitative estimate of drug-likeness (QED) is 0.525. The van der Waals surface area contributed by atoms with Crippen molar-refractivity contribution in [3.05, 3.63) is 11.6 Å². The Morgan fingerprint density at radius 3 is 2.93 bits per heavy atom. The molecule has 1 amide bonds. The van der Waals surface area contributed by atoms with Gasteiger partial charge in [-0.2, -0.15) is 0 Å². The summed E-state index contributed by atoms with van der Waals surface area (Å²) in [6.45, 7) is 2.93. The molecule has 0 spiro atoms. The summed E-state index contributed by atoms with van der Waals surface area (Å²) in [7, 11) is 1.34. The highest BCUT2D eigenvalue weighted by atomic mass is 32.2. The number of amides is 1. The second-order valence-corrected chi connectivity index (χ2v) is 3.99. The summed E-state index contributed by atoms with van der Waals surface area (Å²) >= 11 is 1.31. The number of esters is 1. The van der Waals surface area contributed by atoms with Gasteiger partial charge in [-0.1, -0.05) is 17.8 Å². The van der Waals surface area contributed by atoms with Crippen LogP contribution in [0, 0.1) is 0 Å². The van der Waals surface area contributed by atoms with Crippen LogP contribution in [0.25, 0.3) is 0 Å². The highest BCUT2D eigenvalue weighted by Crippen LogP contribution is 2.16. The third-order valence-corrected chi connectivity index (χ3v) is 2.86. The van der Waals surface area contributed by atoms with E-state index in [0.29, 0.717) is 12.1 Å². The van der Waals surface area contributed by atoms with Gasteiger partial charge in [0.2, 0.25) is 0 Å². The molecule has 1 rings (SSSR count). The molecule has 0 bridgehead atoms. The lowest BCUT2D eigenvalue weighted by Crippen LogP contribution is -2.23. The second-order valence-electron chi connectivity index (χ2n) is 2.94. The van der Waals surface area contributed by atoms with E-state index in [9.17, 15) is 9.59 Å². The van der Waals surface area contributed by atoms with Crippen LogP contribution in [0.1, 0.15) is 6.92 Å². The van der Waals surface area contributed by atoms with E-state index < -0.39 is 0 Å². The minimum Gasteiger partial charge on any atom is -0.466 e. The smallest absolute Gasteiger partial charge is 0.333 e. The largest absolute Gasteiger partial charge is 0.466 e. The molecule has 1 saturated heterocycles. The Kier molecular flexibility index (Phi) is 4.00. The molecule has 4 nitrogen and oxygen atoms in total. The van der Waals surface area contributed by atoms with E-state index >= 15 is 0 Å². The molecule has 0 aromatic rings. The SMILES string of the molecule is COC(=O)C(C)=CCN1CCSC1=O. The highest BCUT2D eigenvalue weighted by Gasteiger charge is 2.19. The van der Waals surface area contributed by atoms with Gasteiger partial charge in [0.25, 0.3) is 5.24 Å². The lowest BCUT2D eigenvalue weighted by molar-refractivity contribution is -0.136. The standard InChI is InChI=1S/C9H13NO3S/c1-7(8(11)13-2)3-4-10-5-6-14-9(10)12/h3H,4-6H2,1-2H3. The van der Waals surface area contributed by atoms with E-state index in [1.807, 2.05) is 0 Å². The Hall–Kier alpha value is -0.970. The molecule has 0 radical (unpaired) electrons. The number of hydrogen-bond acceptors (Lipinski definition) is 4. The van der Waals surface area contributed by atoms with Gasteiger partial charge in [-0.25, -0.2) is 4.79 Å². The number of nitrogens with zero attached hydrogens (tertiary/aromatic N) is 1. The average molecular weight is 215 g/mol. The van der Waals surface area contributed by atoms with Crippen LogP contribution in [0.4, 0.5) is 4.79 Å². The number of carbonyl (C=O) groups excluding carboxylic acids is 2. The molecule has 0 unspecified atom stereocenters. The molecule has 0 aliphatic carbocycles. The fourth-order valence-corrected chi connectivity index (χ4v) is 1.92. The van der Waals surface area contributed by atoms with Gasteiger partial charge >= 0.3 is 5.97 Å². The Morgan fingerprint density at radius 2 is 2.43 bits per heavy atom. The zero-order valence-corrected chi connectivity index (χ0v) is 9.10. The van der Waals surface area contributed by atoms with Crippen molar-refractivity contribution in [2.24, 2.45) is 0 Å². The Labute approximate surface area is 87.3 Å². The van der Waals surface area contributed by atoms with Crippen molar-refractivity contribution in [3.63, 3.8) is 0 Å². The van der Waals surface area contributed by atoms with Crippen molar-refractivity contribution in [2.45, 2.75) is 6.92 Å². The van der Waals surface area contributed by atoms with Crippen molar-refractivity contribution in [3.8, 4) is 0 Å². The van der Waals surface area contributed by atoms with Gasteiger partial charge in [0.1, 0.15) is 0 Å². The van der Waals surface area contributed by atoms with E-state index in [0.717, 1.165) is 12.3 Å². The van der Waals surface area contributed by atoms with E-state index in [2.05, 4.69) is 4.74 Å². The molecule has 78 valence electrons. The summed E-state index contributed by atoms with van der Waals surface area (Å²) < 4.78 is 4.54. The van der Waals surface area contributed by atoms with Crippen LogP contribution in [0.2, 0.25) is 0 Å². The fourth-order valence-electron chi connectivity index (χ4n) is 1.08. The first-order chi connectivity index (χ1) is 6.65. The molecule has 14 heavy (non-hydrogen) atoms. The Morgan fingerprint density at radius 1 is 1.71 bits per heavy atom. The predicted octanol–water partition coefficient (Wildman–Crippen LogP) is 1.27. The molecule has 1 aliphatic rings. The minimum atomic E-state index is -0.343. The lowest BCUT2D eigenvalue weighted by Gasteiger charge is -2.11. The molecule has 0 atom stereocenters. The second kappa shape index (κ2) is 5.05. The van der Waals surface area contributed by atoms with Crippen LogP contribution in [0.15, 0.2) is 11.6 Å². The number of hydrogen-bond donors (Lipinski definition) is 0. The van der Waals surface area contributed by atoms with Crippen LogP contribution in [-0.4, -0.2) is 42.1 Å². The minimum absolute atomic E-state index is 0.0823. The maximum absolute atomic E-state index is 11.2. The van der Waals surface area contributed by atoms with Crippen LogP contribution in [0.3, 0.4) is 0 Å². The summed E-state index contributed by atoms with van der Waals surface area (Å²) in [6.07, 6.45) is 1.72. The number of carbonyl (C=O) groups is 2. The first-order valence-corrected chi connectivity index (χ1v) is 5.30. The highest BCUT2D eigenvalue weighted by molar-refractivity contribution is 8.13. The van der Waals surface area contributed by atoms with Crippen molar-refractivity contribution in [2.75, 3.05) is 26.0 Å². The lowest BCUT2D eigenvalue weighted by atomic mass is 10.3. The van der Waals surface area contributed by atoms with E-state index in [4.69, 9.17) is 0 Å². The molecule has 1 aliphatic heterocycles. The molecule has 0 aromatic heterocycles. The number of thioether (sulfide) groups is 1. The van der Waals surface area contributed by atoms with Gasteiger partial charge in [-0.05, 0) is 6.92 Å². The van der Waals surface area contributed by atoms with Crippen LogP contribution >= 0.6 is 11.8 Å². The summed E-state index contributed by atoms with van der Waals surface area (Å²) in [5.74, 6) is 0.494. The Balaban J connectivity index is 2.45. The molecule has 1 heterocycles. The van der Waals surface area contributed by atoms with Gasteiger partial charge in [-0.15, -0.1) is 0 Å². The van der Waals surface area contributed by atoms with E-state index in [1.165, 1.54) is 18.9 Å². The number of ether oxygens (including phenoxy) is 1. The maximum Gasteiger partial charge on any atom is 0.333 e. The van der Waals surface area contributed by atoms with Crippen molar-refractivity contribution >= 4 is 23.0 Å². The maximum atomic E-state index is 11.2. The van der Waals surface area contributed by atoms with Crippen molar-refractivity contribution in [1.29, 1.82) is 0 Å². The zero-order valence-electron chi connectivity index (χ0n) is 8.28. The Bertz CT molecular complexity index is 275. The van der Waals surface area contributed by atoms with E-state index in [-0.39, 0.29) is 11.2 Å². The first-order valence-electron chi connectivity index (χ1n) is 4.32. The van der Waals surface area contributed by atoms with Crippen LogP contribution in [0.5, 0.6) is 0 Å². The monoisotopic (exact) mass is 215 g/mol. The number of rotatable bonds is 3. The zero-order chi connectivity index (χ0) is 10.6. The van der Waals surface area contributed by atoms with Gasteiger partial charge in [0, 0.05) is 24.4 Å². The third kappa shape index (κ3) is 2.77. The van der Waals surface area contributed by atoms with Crippen LogP contribution in [-0.2, 0) is 9.53 Å². The van der Waals surface area contributed by atoms with Crippen molar-refractivity contribution < 1.29 is 14.3 Å². The molecule has 0 aromatic carbocycles. The van der Waals surface area contributed by atoms with Crippen LogP contribution < -0.4 is 0 Å². The van der Waals surface area contributed by atoms with Crippen molar-refractivity contribution in [1.82, 2.24) is 4.90 Å². The normalized spacial score (nSPS) is 17.4. The van der Waals surface area contributed by atoms with Gasteiger partial charge in [0.15, 0.2) is 0 Å².